The molecule has 1 N–H and O–H groups in total. The SMILES string of the molecule is C=C(C)C[Si]1(CCCCC(=O)CCc2ccccc2)O[Si](C)(CC)C(C)[Si](C)(C(C)[Si](C)(O)C(C)C)O1. The second-order valence-electron chi connectivity index (χ2n) is 12.7. The van der Waals surface area contributed by atoms with Crippen LogP contribution in [-0.4, -0.2) is 44.1 Å². The summed E-state index contributed by atoms with van der Waals surface area (Å²) >= 11 is 0. The zero-order valence-electron chi connectivity index (χ0n) is 25.2. The molecule has 1 aromatic rings. The number of rotatable bonds is 14. The first kappa shape index (κ1) is 32.6. The average molecular weight is 579 g/mol. The highest BCUT2D eigenvalue weighted by atomic mass is 28.5. The summed E-state index contributed by atoms with van der Waals surface area (Å²) in [6, 6.07) is 13.1. The van der Waals surface area contributed by atoms with Gasteiger partial charge in [0, 0.05) is 18.9 Å². The Hall–Kier alpha value is -0.622. The number of ketones is 1. The van der Waals surface area contributed by atoms with Gasteiger partial charge in [0.25, 0.3) is 0 Å². The quantitative estimate of drug-likeness (QED) is 0.137. The molecule has 1 aliphatic heterocycles. The molecule has 6 unspecified atom stereocenters. The molecule has 37 heavy (non-hydrogen) atoms. The summed E-state index contributed by atoms with van der Waals surface area (Å²) in [6.45, 7) is 24.6. The lowest BCUT2D eigenvalue weighted by atomic mass is 10.0. The largest absolute Gasteiger partial charge is 0.436 e. The maximum absolute atomic E-state index is 12.6. The Labute approximate surface area is 231 Å². The molecule has 6 atom stereocenters. The molecule has 0 aliphatic carbocycles. The number of benzene rings is 1. The minimum absolute atomic E-state index is 0.230. The van der Waals surface area contributed by atoms with Gasteiger partial charge in [-0.15, -0.1) is 6.58 Å². The van der Waals surface area contributed by atoms with Crippen LogP contribution in [0.5, 0.6) is 0 Å². The van der Waals surface area contributed by atoms with Crippen molar-refractivity contribution in [3.63, 3.8) is 0 Å². The number of aryl methyl sites for hydroxylation is 1. The van der Waals surface area contributed by atoms with Gasteiger partial charge in [0.2, 0.25) is 0 Å². The van der Waals surface area contributed by atoms with Crippen LogP contribution in [0.4, 0.5) is 0 Å². The number of carbonyl (C=O) groups is 1. The maximum Gasteiger partial charge on any atom is 0.321 e. The summed E-state index contributed by atoms with van der Waals surface area (Å²) in [5.74, 6) is 0.346. The third-order valence-corrected chi connectivity index (χ3v) is 36.2. The zero-order valence-corrected chi connectivity index (χ0v) is 29.2. The molecule has 2 rings (SSSR count). The molecule has 0 aromatic heterocycles. The highest BCUT2D eigenvalue weighted by Gasteiger charge is 2.64. The lowest BCUT2D eigenvalue weighted by Gasteiger charge is -2.59. The standard InChI is InChI=1S/C29H54O4Si4/c1-11-34(8)26(6)36(10,27(7)35(9,31)25(4)5)33-37(32-34,23-24(2)3)22-16-15-19-29(30)21-20-28-17-13-12-14-18-28/h12-14,17-18,25-27,31H,2,11,15-16,19-23H2,1,3-10H3. The van der Waals surface area contributed by atoms with Gasteiger partial charge in [-0.2, -0.15) is 0 Å². The van der Waals surface area contributed by atoms with Gasteiger partial charge in [0.05, 0.1) is 0 Å². The first-order chi connectivity index (χ1) is 17.1. The minimum atomic E-state index is -2.58. The van der Waals surface area contributed by atoms with Gasteiger partial charge in [0.15, 0.2) is 25.0 Å². The van der Waals surface area contributed by atoms with E-state index in [1.165, 1.54) is 5.56 Å². The second kappa shape index (κ2) is 13.2. The Balaban J connectivity index is 2.19. The number of hydrogen-bond donors (Lipinski definition) is 1. The molecule has 4 nitrogen and oxygen atoms in total. The van der Waals surface area contributed by atoms with E-state index >= 15 is 0 Å². The van der Waals surface area contributed by atoms with Crippen molar-refractivity contribution in [2.75, 3.05) is 0 Å². The monoisotopic (exact) mass is 578 g/mol. The zero-order chi connectivity index (χ0) is 28.1. The fourth-order valence-electron chi connectivity index (χ4n) is 6.04. The molecular weight excluding hydrogens is 525 g/mol. The Bertz CT molecular complexity index is 908. The van der Waals surface area contributed by atoms with E-state index in [0.29, 0.717) is 29.3 Å². The normalized spacial score (nSPS) is 30.6. The van der Waals surface area contributed by atoms with Crippen LogP contribution in [-0.2, 0) is 19.4 Å². The van der Waals surface area contributed by atoms with Crippen molar-refractivity contribution < 1.29 is 17.8 Å². The highest BCUT2D eigenvalue weighted by Crippen LogP contribution is 2.53. The number of allylic oxidation sites excluding steroid dienone is 1. The van der Waals surface area contributed by atoms with Crippen molar-refractivity contribution in [3.8, 4) is 0 Å². The van der Waals surface area contributed by atoms with E-state index in [9.17, 15) is 9.59 Å². The lowest BCUT2D eigenvalue weighted by Crippen LogP contribution is -2.72. The molecule has 0 radical (unpaired) electrons. The molecule has 1 saturated heterocycles. The third kappa shape index (κ3) is 7.96. The fourth-order valence-corrected chi connectivity index (χ4v) is 36.2. The summed E-state index contributed by atoms with van der Waals surface area (Å²) < 4.78 is 14.7. The van der Waals surface area contributed by atoms with Crippen molar-refractivity contribution in [1.29, 1.82) is 0 Å². The number of Topliss-reactive ketones (excluding diaryl/α,β-unsaturated/α-hetero) is 1. The van der Waals surface area contributed by atoms with E-state index in [1.807, 2.05) is 18.2 Å². The summed E-state index contributed by atoms with van der Waals surface area (Å²) in [5.41, 5.74) is 2.65. The average Bonchev–Trinajstić information content (AvgIpc) is 2.83. The fraction of sp³-hybridized carbons (Fsp3) is 0.690. The van der Waals surface area contributed by atoms with Crippen LogP contribution < -0.4 is 0 Å². The summed E-state index contributed by atoms with van der Waals surface area (Å²) in [7, 11) is -9.46. The van der Waals surface area contributed by atoms with Crippen LogP contribution in [0.2, 0.25) is 53.6 Å². The molecule has 0 amide bonds. The van der Waals surface area contributed by atoms with Crippen molar-refractivity contribution >= 4 is 39.3 Å². The lowest BCUT2D eigenvalue weighted by molar-refractivity contribution is -0.119. The predicted octanol–water partition coefficient (Wildman–Crippen LogP) is 8.43. The minimum Gasteiger partial charge on any atom is -0.436 e. The Morgan fingerprint density at radius 2 is 1.73 bits per heavy atom. The van der Waals surface area contributed by atoms with Crippen molar-refractivity contribution in [2.45, 2.75) is 127 Å². The van der Waals surface area contributed by atoms with E-state index in [4.69, 9.17) is 8.23 Å². The maximum atomic E-state index is 12.6. The van der Waals surface area contributed by atoms with E-state index < -0.39 is 33.5 Å². The molecule has 1 aromatic carbocycles. The van der Waals surface area contributed by atoms with Gasteiger partial charge in [-0.3, -0.25) is 4.79 Å². The van der Waals surface area contributed by atoms with E-state index in [0.717, 1.165) is 43.0 Å². The van der Waals surface area contributed by atoms with E-state index in [-0.39, 0.29) is 5.16 Å². The third-order valence-electron chi connectivity index (χ3n) is 9.58. The summed E-state index contributed by atoms with van der Waals surface area (Å²) in [6.07, 6.45) is 3.90. The van der Waals surface area contributed by atoms with Crippen LogP contribution >= 0.6 is 0 Å². The van der Waals surface area contributed by atoms with Gasteiger partial charge in [-0.25, -0.2) is 0 Å². The molecule has 0 saturated carbocycles. The Kier molecular flexibility index (Phi) is 11.6. The van der Waals surface area contributed by atoms with Crippen molar-refractivity contribution in [2.24, 2.45) is 0 Å². The first-order valence-electron chi connectivity index (χ1n) is 14.4. The van der Waals surface area contributed by atoms with Gasteiger partial charge in [-0.1, -0.05) is 76.9 Å². The van der Waals surface area contributed by atoms with E-state index in [2.05, 4.69) is 79.9 Å². The summed E-state index contributed by atoms with van der Waals surface area (Å²) in [4.78, 5) is 24.3. The van der Waals surface area contributed by atoms with Crippen LogP contribution in [0.15, 0.2) is 42.5 Å². The molecular formula is C29H54O4Si4. The predicted molar refractivity (Wildman–Crippen MR) is 167 cm³/mol. The van der Waals surface area contributed by atoms with Crippen LogP contribution in [0.1, 0.15) is 72.8 Å². The summed E-state index contributed by atoms with van der Waals surface area (Å²) in [5, 5.41) is 0.650. The second-order valence-corrected chi connectivity index (χ2v) is 30.9. The van der Waals surface area contributed by atoms with Crippen LogP contribution in [0.25, 0.3) is 0 Å². The molecule has 0 spiro atoms. The van der Waals surface area contributed by atoms with Crippen molar-refractivity contribution in [1.82, 2.24) is 0 Å². The topological polar surface area (TPSA) is 55.8 Å². The first-order valence-corrected chi connectivity index (χ1v) is 24.5. The number of hydrogen-bond acceptors (Lipinski definition) is 4. The highest BCUT2D eigenvalue weighted by molar-refractivity contribution is 7.07. The van der Waals surface area contributed by atoms with Gasteiger partial charge in [0.1, 0.15) is 5.78 Å². The van der Waals surface area contributed by atoms with Gasteiger partial charge < -0.3 is 13.0 Å². The van der Waals surface area contributed by atoms with Crippen molar-refractivity contribution in [3.05, 3.63) is 48.0 Å². The Morgan fingerprint density at radius 1 is 1.11 bits per heavy atom. The molecule has 210 valence electrons. The molecule has 0 bridgehead atoms. The van der Waals surface area contributed by atoms with Crippen LogP contribution in [0, 0.1) is 0 Å². The van der Waals surface area contributed by atoms with Gasteiger partial charge in [-0.05, 0) is 72.9 Å². The Morgan fingerprint density at radius 3 is 2.27 bits per heavy atom. The van der Waals surface area contributed by atoms with Crippen LogP contribution in [0.3, 0.4) is 0 Å². The molecule has 8 heteroatoms. The molecule has 1 fully saturated rings. The number of unbranched alkanes of at least 4 members (excludes halogenated alkanes) is 1. The van der Waals surface area contributed by atoms with E-state index in [1.54, 1.807) is 0 Å². The number of carbonyl (C=O) groups excluding carboxylic acids is 1. The molecule has 1 heterocycles. The van der Waals surface area contributed by atoms with Gasteiger partial charge >= 0.3 is 8.56 Å². The molecule has 1 aliphatic rings. The smallest absolute Gasteiger partial charge is 0.321 e.